The SMILES string of the molecule is CS(=O)(=O)c1cccc(C(Br)c2ccc(Cl)c(Cl)c2)c1. The summed E-state index contributed by atoms with van der Waals surface area (Å²) in [6.45, 7) is 0. The molecule has 0 amide bonds. The maximum atomic E-state index is 11.6. The molecule has 0 aliphatic rings. The van der Waals surface area contributed by atoms with Crippen molar-refractivity contribution in [1.82, 2.24) is 0 Å². The van der Waals surface area contributed by atoms with E-state index < -0.39 is 9.84 Å². The van der Waals surface area contributed by atoms with Crippen LogP contribution in [0.25, 0.3) is 0 Å². The normalized spacial score (nSPS) is 13.2. The second kappa shape index (κ2) is 6.06. The Kier molecular flexibility index (Phi) is 4.80. The van der Waals surface area contributed by atoms with Crippen molar-refractivity contribution in [1.29, 1.82) is 0 Å². The first kappa shape index (κ1) is 15.8. The summed E-state index contributed by atoms with van der Waals surface area (Å²) >= 11 is 15.4. The van der Waals surface area contributed by atoms with E-state index in [1.165, 1.54) is 6.26 Å². The molecule has 0 fully saturated rings. The molecule has 0 bridgehead atoms. The van der Waals surface area contributed by atoms with Crippen LogP contribution in [0.4, 0.5) is 0 Å². The molecule has 0 aromatic heterocycles. The molecule has 0 N–H and O–H groups in total. The van der Waals surface area contributed by atoms with E-state index in [4.69, 9.17) is 23.2 Å². The predicted octanol–water partition coefficient (Wildman–Crippen LogP) is 4.88. The van der Waals surface area contributed by atoms with Crippen LogP contribution < -0.4 is 0 Å². The van der Waals surface area contributed by atoms with Gasteiger partial charge in [0.1, 0.15) is 0 Å². The fourth-order valence-corrected chi connectivity index (χ4v) is 3.32. The summed E-state index contributed by atoms with van der Waals surface area (Å²) < 4.78 is 23.2. The van der Waals surface area contributed by atoms with Crippen molar-refractivity contribution in [3.63, 3.8) is 0 Å². The van der Waals surface area contributed by atoms with Crippen molar-refractivity contribution < 1.29 is 8.42 Å². The Hall–Kier alpha value is -0.550. The number of sulfone groups is 1. The summed E-state index contributed by atoms with van der Waals surface area (Å²) in [5.41, 5.74) is 1.75. The summed E-state index contributed by atoms with van der Waals surface area (Å²) in [6.07, 6.45) is 1.19. The van der Waals surface area contributed by atoms with Gasteiger partial charge < -0.3 is 0 Å². The standard InChI is InChI=1S/C14H11BrCl2O2S/c1-20(18,19)11-4-2-3-9(7-11)14(15)10-5-6-12(16)13(17)8-10/h2-8,14H,1H3. The van der Waals surface area contributed by atoms with Crippen molar-refractivity contribution in [3.8, 4) is 0 Å². The molecular formula is C14H11BrCl2O2S. The third-order valence-corrected chi connectivity index (χ3v) is 5.72. The number of halogens is 3. The summed E-state index contributed by atoms with van der Waals surface area (Å²) in [5, 5.41) is 0.952. The maximum Gasteiger partial charge on any atom is 0.175 e. The zero-order chi connectivity index (χ0) is 14.9. The third kappa shape index (κ3) is 3.55. The Morgan fingerprint density at radius 3 is 2.25 bits per heavy atom. The number of alkyl halides is 1. The second-order valence-electron chi connectivity index (χ2n) is 4.38. The van der Waals surface area contributed by atoms with Gasteiger partial charge in [-0.2, -0.15) is 0 Å². The van der Waals surface area contributed by atoms with Crippen molar-refractivity contribution >= 4 is 49.0 Å². The van der Waals surface area contributed by atoms with E-state index in [-0.39, 0.29) is 4.83 Å². The van der Waals surface area contributed by atoms with E-state index >= 15 is 0 Å². The lowest BCUT2D eigenvalue weighted by molar-refractivity contribution is 0.602. The molecule has 0 heterocycles. The first-order chi connectivity index (χ1) is 9.29. The van der Waals surface area contributed by atoms with E-state index in [2.05, 4.69) is 15.9 Å². The van der Waals surface area contributed by atoms with Crippen LogP contribution in [0.2, 0.25) is 10.0 Å². The molecule has 0 saturated carbocycles. The van der Waals surface area contributed by atoms with E-state index in [1.807, 2.05) is 12.1 Å². The first-order valence-corrected chi connectivity index (χ1v) is 9.24. The van der Waals surface area contributed by atoms with Crippen LogP contribution in [-0.4, -0.2) is 14.7 Å². The highest BCUT2D eigenvalue weighted by atomic mass is 79.9. The number of hydrogen-bond donors (Lipinski definition) is 0. The minimum Gasteiger partial charge on any atom is -0.224 e. The van der Waals surface area contributed by atoms with Gasteiger partial charge in [0.25, 0.3) is 0 Å². The molecule has 2 rings (SSSR count). The topological polar surface area (TPSA) is 34.1 Å². The highest BCUT2D eigenvalue weighted by molar-refractivity contribution is 9.09. The molecule has 0 aliphatic heterocycles. The molecule has 1 atom stereocenters. The highest BCUT2D eigenvalue weighted by Crippen LogP contribution is 2.34. The van der Waals surface area contributed by atoms with E-state index in [0.29, 0.717) is 14.9 Å². The van der Waals surface area contributed by atoms with Gasteiger partial charge >= 0.3 is 0 Å². The molecule has 0 aliphatic carbocycles. The van der Waals surface area contributed by atoms with Crippen LogP contribution in [0.1, 0.15) is 16.0 Å². The monoisotopic (exact) mass is 392 g/mol. The molecule has 0 radical (unpaired) electrons. The Balaban J connectivity index is 2.43. The fraction of sp³-hybridized carbons (Fsp3) is 0.143. The molecule has 0 spiro atoms. The van der Waals surface area contributed by atoms with Gasteiger partial charge in [0.2, 0.25) is 0 Å². The lowest BCUT2D eigenvalue weighted by Crippen LogP contribution is -1.99. The smallest absolute Gasteiger partial charge is 0.175 e. The molecular weight excluding hydrogens is 383 g/mol. The van der Waals surface area contributed by atoms with E-state index in [9.17, 15) is 8.42 Å². The van der Waals surface area contributed by atoms with Gasteiger partial charge in [-0.1, -0.05) is 57.3 Å². The lowest BCUT2D eigenvalue weighted by atomic mass is 10.1. The average Bonchev–Trinajstić information content (AvgIpc) is 2.40. The minimum atomic E-state index is -3.22. The summed E-state index contributed by atoms with van der Waals surface area (Å²) in [5.74, 6) is 0. The van der Waals surface area contributed by atoms with Gasteiger partial charge in [0.05, 0.1) is 19.8 Å². The highest BCUT2D eigenvalue weighted by Gasteiger charge is 2.15. The Morgan fingerprint density at radius 1 is 1.00 bits per heavy atom. The average molecular weight is 394 g/mol. The molecule has 2 nitrogen and oxygen atoms in total. The van der Waals surface area contributed by atoms with E-state index in [1.54, 1.807) is 30.3 Å². The molecule has 20 heavy (non-hydrogen) atoms. The van der Waals surface area contributed by atoms with Gasteiger partial charge in [-0.15, -0.1) is 0 Å². The van der Waals surface area contributed by atoms with Gasteiger partial charge in [0.15, 0.2) is 9.84 Å². The van der Waals surface area contributed by atoms with Gasteiger partial charge in [-0.25, -0.2) is 8.42 Å². The van der Waals surface area contributed by atoms with Crippen molar-refractivity contribution in [2.75, 3.05) is 6.26 Å². The fourth-order valence-electron chi connectivity index (χ4n) is 1.77. The molecule has 0 saturated heterocycles. The van der Waals surface area contributed by atoms with Crippen LogP contribution >= 0.6 is 39.1 Å². The molecule has 6 heteroatoms. The van der Waals surface area contributed by atoms with Gasteiger partial charge in [0, 0.05) is 6.26 Å². The van der Waals surface area contributed by atoms with Crippen molar-refractivity contribution in [2.45, 2.75) is 9.72 Å². The molecule has 2 aromatic carbocycles. The minimum absolute atomic E-state index is 0.154. The number of benzene rings is 2. The molecule has 1 unspecified atom stereocenters. The van der Waals surface area contributed by atoms with Crippen LogP contribution in [-0.2, 0) is 9.84 Å². The number of rotatable bonds is 3. The van der Waals surface area contributed by atoms with Crippen LogP contribution in [0.15, 0.2) is 47.4 Å². The quantitative estimate of drug-likeness (QED) is 0.696. The summed E-state index contributed by atoms with van der Waals surface area (Å²) in [4.78, 5) is 0.137. The first-order valence-electron chi connectivity index (χ1n) is 5.68. The Morgan fingerprint density at radius 2 is 1.65 bits per heavy atom. The van der Waals surface area contributed by atoms with Crippen LogP contribution in [0.3, 0.4) is 0 Å². The summed E-state index contributed by atoms with van der Waals surface area (Å²) in [6, 6.07) is 12.1. The van der Waals surface area contributed by atoms with Crippen LogP contribution in [0.5, 0.6) is 0 Å². The largest absolute Gasteiger partial charge is 0.224 e. The zero-order valence-corrected chi connectivity index (χ0v) is 14.4. The number of hydrogen-bond acceptors (Lipinski definition) is 2. The van der Waals surface area contributed by atoms with Crippen molar-refractivity contribution in [2.24, 2.45) is 0 Å². The Bertz CT molecular complexity index is 745. The zero-order valence-electron chi connectivity index (χ0n) is 10.5. The maximum absolute atomic E-state index is 11.6. The van der Waals surface area contributed by atoms with Crippen molar-refractivity contribution in [3.05, 3.63) is 63.6 Å². The molecule has 2 aromatic rings. The van der Waals surface area contributed by atoms with Gasteiger partial charge in [-0.05, 0) is 35.4 Å². The second-order valence-corrected chi connectivity index (χ2v) is 8.13. The predicted molar refractivity (Wildman–Crippen MR) is 86.8 cm³/mol. The molecule has 106 valence electrons. The van der Waals surface area contributed by atoms with Gasteiger partial charge in [-0.3, -0.25) is 0 Å². The summed E-state index contributed by atoms with van der Waals surface area (Å²) in [7, 11) is -3.22. The third-order valence-electron chi connectivity index (χ3n) is 2.82. The Labute approximate surface area is 136 Å². The lowest BCUT2D eigenvalue weighted by Gasteiger charge is -2.12. The van der Waals surface area contributed by atoms with E-state index in [0.717, 1.165) is 11.1 Å². The van der Waals surface area contributed by atoms with Crippen LogP contribution in [0, 0.1) is 0 Å².